The van der Waals surface area contributed by atoms with E-state index in [1.807, 2.05) is 78.9 Å². The second-order valence-electron chi connectivity index (χ2n) is 13.5. The predicted molar refractivity (Wildman–Crippen MR) is 199 cm³/mol. The summed E-state index contributed by atoms with van der Waals surface area (Å²) in [7, 11) is 0. The highest BCUT2D eigenvalue weighted by molar-refractivity contribution is 6.14. The Labute approximate surface area is 304 Å². The first-order valence-corrected chi connectivity index (χ1v) is 17.6. The van der Waals surface area contributed by atoms with Crippen LogP contribution >= 0.6 is 0 Å². The molecule has 0 fully saturated rings. The summed E-state index contributed by atoms with van der Waals surface area (Å²) >= 11 is 0. The van der Waals surface area contributed by atoms with Crippen LogP contribution in [-0.2, 0) is 25.5 Å². The topological polar surface area (TPSA) is 127 Å². The van der Waals surface area contributed by atoms with Crippen molar-refractivity contribution in [3.8, 4) is 5.75 Å². The number of nitrogens with one attached hydrogen (secondary N) is 1. The fourth-order valence-corrected chi connectivity index (χ4v) is 6.13. The number of aryl methyl sites for hydroxylation is 1. The summed E-state index contributed by atoms with van der Waals surface area (Å²) in [4.78, 5) is 61.8. The molecule has 0 radical (unpaired) electrons. The van der Waals surface area contributed by atoms with Gasteiger partial charge in [-0.3, -0.25) is 24.6 Å². The fourth-order valence-electron chi connectivity index (χ4n) is 6.13. The van der Waals surface area contributed by atoms with Crippen molar-refractivity contribution in [2.45, 2.75) is 78.0 Å². The third kappa shape index (κ3) is 9.34. The molecular formula is C41H46N4O7. The Morgan fingerprint density at radius 2 is 1.63 bits per heavy atom. The highest BCUT2D eigenvalue weighted by Crippen LogP contribution is 2.40. The number of unbranched alkanes of at least 4 members (excludes halogenated alkanes) is 1. The Morgan fingerprint density at radius 1 is 0.923 bits per heavy atom. The van der Waals surface area contributed by atoms with Crippen LogP contribution < -0.4 is 15.0 Å². The Balaban J connectivity index is 1.39. The molecule has 0 bridgehead atoms. The Hall–Kier alpha value is -5.71. The van der Waals surface area contributed by atoms with E-state index >= 15 is 0 Å². The van der Waals surface area contributed by atoms with Gasteiger partial charge >= 0.3 is 12.1 Å². The van der Waals surface area contributed by atoms with Gasteiger partial charge in [0.2, 0.25) is 0 Å². The fraction of sp³-hybridized carbons (Fsp3) is 0.341. The molecule has 2 heterocycles. The number of aromatic nitrogens is 1. The van der Waals surface area contributed by atoms with Gasteiger partial charge < -0.3 is 19.1 Å². The average Bonchev–Trinajstić information content (AvgIpc) is 3.20. The van der Waals surface area contributed by atoms with Crippen molar-refractivity contribution in [2.75, 3.05) is 23.4 Å². The first-order chi connectivity index (χ1) is 25.0. The lowest BCUT2D eigenvalue weighted by molar-refractivity contribution is -0.144. The molecule has 1 aliphatic heterocycles. The van der Waals surface area contributed by atoms with Crippen LogP contribution in [0.3, 0.4) is 0 Å². The molecule has 11 heteroatoms. The van der Waals surface area contributed by atoms with E-state index < -0.39 is 29.7 Å². The van der Waals surface area contributed by atoms with Crippen LogP contribution in [0.1, 0.15) is 81.4 Å². The second-order valence-corrected chi connectivity index (χ2v) is 13.5. The van der Waals surface area contributed by atoms with Crippen molar-refractivity contribution in [2.24, 2.45) is 0 Å². The van der Waals surface area contributed by atoms with Crippen LogP contribution in [0.25, 0.3) is 0 Å². The van der Waals surface area contributed by atoms with Gasteiger partial charge in [0.15, 0.2) is 11.6 Å². The lowest BCUT2D eigenvalue weighted by Gasteiger charge is -2.35. The van der Waals surface area contributed by atoms with Gasteiger partial charge in [-0.1, -0.05) is 54.6 Å². The van der Waals surface area contributed by atoms with Gasteiger partial charge in [-0.2, -0.15) is 0 Å². The summed E-state index contributed by atoms with van der Waals surface area (Å²) in [6, 6.07) is 25.9. The summed E-state index contributed by atoms with van der Waals surface area (Å²) in [5, 5.41) is 2.65. The molecule has 5 rings (SSSR count). The Bertz CT molecular complexity index is 1860. The first kappa shape index (κ1) is 37.5. The van der Waals surface area contributed by atoms with Gasteiger partial charge in [0.25, 0.3) is 11.8 Å². The molecule has 0 aliphatic carbocycles. The number of hydrogen-bond donors (Lipinski definition) is 1. The van der Waals surface area contributed by atoms with Crippen molar-refractivity contribution in [1.82, 2.24) is 9.88 Å². The van der Waals surface area contributed by atoms with Crippen LogP contribution in [0.5, 0.6) is 5.75 Å². The zero-order chi connectivity index (χ0) is 37.3. The largest absolute Gasteiger partial charge is 0.490 e. The number of carbonyl (C=O) groups excluding carboxylic acids is 4. The van der Waals surface area contributed by atoms with Gasteiger partial charge in [-0.25, -0.2) is 9.78 Å². The maximum Gasteiger partial charge on any atom is 0.413 e. The maximum atomic E-state index is 14.7. The van der Waals surface area contributed by atoms with E-state index in [0.29, 0.717) is 47.7 Å². The Kier molecular flexibility index (Phi) is 12.3. The van der Waals surface area contributed by atoms with Gasteiger partial charge in [0, 0.05) is 17.9 Å². The van der Waals surface area contributed by atoms with Crippen molar-refractivity contribution in [3.63, 3.8) is 0 Å². The highest BCUT2D eigenvalue weighted by Gasteiger charge is 2.43. The van der Waals surface area contributed by atoms with Crippen molar-refractivity contribution >= 4 is 41.1 Å². The molecule has 1 N–H and O–H groups in total. The van der Waals surface area contributed by atoms with Gasteiger partial charge in [-0.05, 0) is 101 Å². The number of anilines is 3. The van der Waals surface area contributed by atoms with Crippen LogP contribution in [-0.4, -0.2) is 58.6 Å². The monoisotopic (exact) mass is 706 g/mol. The minimum Gasteiger partial charge on any atom is -0.490 e. The summed E-state index contributed by atoms with van der Waals surface area (Å²) in [6.07, 6.45) is 2.93. The number of para-hydroxylation sites is 1. The second kappa shape index (κ2) is 17.0. The molecule has 1 aliphatic rings. The number of rotatable bonds is 13. The van der Waals surface area contributed by atoms with E-state index in [1.54, 1.807) is 57.8 Å². The molecule has 0 spiro atoms. The van der Waals surface area contributed by atoms with Crippen LogP contribution in [0.4, 0.5) is 22.0 Å². The van der Waals surface area contributed by atoms with E-state index in [4.69, 9.17) is 14.2 Å². The molecule has 2 atom stereocenters. The van der Waals surface area contributed by atoms with Gasteiger partial charge in [-0.15, -0.1) is 0 Å². The standard InChI is InChI=1S/C41H46N4O7/c1-6-50-35(46)26-28(2)44-36(30-17-9-7-10-18-30)39(48)45(31-19-11-8-12-20-31)33-23-22-29(27-32(33)38(44)47)16-13-14-25-51-34-21-15-24-42-37(34)43-40(49)52-41(3,4)5/h7-12,15,17-24,27-28,36H,6,13-14,16,25-26H2,1-5H3,(H,42,43,49). The van der Waals surface area contributed by atoms with E-state index in [0.717, 1.165) is 12.0 Å². The van der Waals surface area contributed by atoms with Crippen LogP contribution in [0.15, 0.2) is 97.2 Å². The van der Waals surface area contributed by atoms with Crippen molar-refractivity contribution in [1.29, 1.82) is 0 Å². The normalized spacial score (nSPS) is 15.0. The third-order valence-corrected chi connectivity index (χ3v) is 8.38. The third-order valence-electron chi connectivity index (χ3n) is 8.38. The Morgan fingerprint density at radius 3 is 2.33 bits per heavy atom. The molecule has 4 aromatic rings. The molecular weight excluding hydrogens is 660 g/mol. The zero-order valence-electron chi connectivity index (χ0n) is 30.3. The number of fused-ring (bicyclic) bond motifs is 1. The quantitative estimate of drug-likeness (QED) is 0.109. The predicted octanol–water partition coefficient (Wildman–Crippen LogP) is 8.03. The van der Waals surface area contributed by atoms with E-state index in [1.165, 1.54) is 4.90 Å². The number of amides is 3. The number of esters is 1. The van der Waals surface area contributed by atoms with Crippen LogP contribution in [0.2, 0.25) is 0 Å². The molecule has 0 saturated heterocycles. The maximum absolute atomic E-state index is 14.7. The molecule has 2 unspecified atom stereocenters. The molecule has 3 amide bonds. The van der Waals surface area contributed by atoms with Crippen LogP contribution in [0, 0.1) is 0 Å². The lowest BCUT2D eigenvalue weighted by Crippen LogP contribution is -2.46. The van der Waals surface area contributed by atoms with Crippen molar-refractivity contribution in [3.05, 3.63) is 114 Å². The number of carbonyl (C=O) groups is 4. The summed E-state index contributed by atoms with van der Waals surface area (Å²) in [6.45, 7) is 9.44. The van der Waals surface area contributed by atoms with E-state index in [-0.39, 0.29) is 30.7 Å². The number of benzene rings is 3. The SMILES string of the molecule is CCOC(=O)CC(C)N1C(=O)c2cc(CCCCOc3cccnc3NC(=O)OC(C)(C)C)ccc2N(c2ccccc2)C(=O)C1c1ccccc1. The highest BCUT2D eigenvalue weighted by atomic mass is 16.6. The molecule has 3 aromatic carbocycles. The zero-order valence-corrected chi connectivity index (χ0v) is 30.3. The molecule has 272 valence electrons. The molecule has 11 nitrogen and oxygen atoms in total. The summed E-state index contributed by atoms with van der Waals surface area (Å²) in [5.74, 6) is -0.393. The first-order valence-electron chi connectivity index (χ1n) is 17.6. The minimum atomic E-state index is -0.992. The minimum absolute atomic E-state index is 0.0670. The number of hydrogen-bond acceptors (Lipinski definition) is 8. The number of ether oxygens (including phenoxy) is 3. The molecule has 52 heavy (non-hydrogen) atoms. The van der Waals surface area contributed by atoms with E-state index in [2.05, 4.69) is 10.3 Å². The molecule has 1 aromatic heterocycles. The number of nitrogens with zero attached hydrogens (tertiary/aromatic N) is 3. The van der Waals surface area contributed by atoms with Gasteiger partial charge in [0.05, 0.1) is 30.9 Å². The van der Waals surface area contributed by atoms with E-state index in [9.17, 15) is 19.2 Å². The van der Waals surface area contributed by atoms with Gasteiger partial charge in [0.1, 0.15) is 11.6 Å². The lowest BCUT2D eigenvalue weighted by atomic mass is 10.00. The summed E-state index contributed by atoms with van der Waals surface area (Å²) < 4.78 is 16.6. The number of pyridine rings is 1. The summed E-state index contributed by atoms with van der Waals surface area (Å²) in [5.41, 5.74) is 2.37. The molecule has 0 saturated carbocycles. The smallest absolute Gasteiger partial charge is 0.413 e. The average molecular weight is 707 g/mol. The van der Waals surface area contributed by atoms with Crippen molar-refractivity contribution < 1.29 is 33.4 Å².